The van der Waals surface area contributed by atoms with Gasteiger partial charge in [0.2, 0.25) is 5.91 Å². The van der Waals surface area contributed by atoms with Crippen molar-refractivity contribution in [2.75, 3.05) is 24.9 Å². The van der Waals surface area contributed by atoms with Crippen LogP contribution in [-0.2, 0) is 11.2 Å². The predicted molar refractivity (Wildman–Crippen MR) is 118 cm³/mol. The third-order valence-electron chi connectivity index (χ3n) is 4.36. The third-order valence-corrected chi connectivity index (χ3v) is 4.61. The van der Waals surface area contributed by atoms with Crippen LogP contribution in [-0.4, -0.2) is 26.0 Å². The molecule has 0 saturated carbocycles. The van der Waals surface area contributed by atoms with E-state index in [0.717, 1.165) is 5.56 Å². The monoisotopic (exact) mass is 424 g/mol. The molecule has 6 nitrogen and oxygen atoms in total. The lowest BCUT2D eigenvalue weighted by molar-refractivity contribution is -0.115. The van der Waals surface area contributed by atoms with Gasteiger partial charge < -0.3 is 20.1 Å². The first-order valence-corrected chi connectivity index (χ1v) is 9.54. The molecule has 0 aliphatic carbocycles. The predicted octanol–water partition coefficient (Wildman–Crippen LogP) is 4.79. The van der Waals surface area contributed by atoms with E-state index < -0.39 is 0 Å². The highest BCUT2D eigenvalue weighted by molar-refractivity contribution is 6.30. The minimum absolute atomic E-state index is 0.176. The van der Waals surface area contributed by atoms with E-state index in [2.05, 4.69) is 10.6 Å². The number of carbonyl (C=O) groups excluding carboxylic acids is 2. The van der Waals surface area contributed by atoms with Crippen LogP contribution in [0.4, 0.5) is 11.4 Å². The number of anilines is 2. The molecule has 2 amide bonds. The number of amides is 2. The smallest absolute Gasteiger partial charge is 0.255 e. The van der Waals surface area contributed by atoms with Crippen LogP contribution in [0.25, 0.3) is 0 Å². The molecule has 0 aromatic heterocycles. The summed E-state index contributed by atoms with van der Waals surface area (Å²) >= 11 is 5.88. The molecule has 7 heteroatoms. The standard InChI is InChI=1S/C23H21ClN2O4/c1-29-20-14-19(26-23(28)16-6-4-3-5-7-16)21(30-2)13-18(20)25-22(27)12-15-8-10-17(24)11-9-15/h3-11,13-14H,12H2,1-2H3,(H,25,27)(H,26,28). The van der Waals surface area contributed by atoms with Gasteiger partial charge >= 0.3 is 0 Å². The topological polar surface area (TPSA) is 76.7 Å². The van der Waals surface area contributed by atoms with Gasteiger partial charge in [-0.15, -0.1) is 0 Å². The van der Waals surface area contributed by atoms with E-state index in [1.165, 1.54) is 14.2 Å². The normalized spacial score (nSPS) is 10.2. The molecule has 0 saturated heterocycles. The van der Waals surface area contributed by atoms with Crippen LogP contribution < -0.4 is 20.1 Å². The number of hydrogen-bond donors (Lipinski definition) is 2. The van der Waals surface area contributed by atoms with Crippen molar-refractivity contribution >= 4 is 34.8 Å². The molecule has 0 spiro atoms. The van der Waals surface area contributed by atoms with E-state index in [9.17, 15) is 9.59 Å². The summed E-state index contributed by atoms with van der Waals surface area (Å²) in [4.78, 5) is 25.0. The molecule has 0 atom stereocenters. The molecule has 0 radical (unpaired) electrons. The number of benzene rings is 3. The molecule has 30 heavy (non-hydrogen) atoms. The molecule has 3 aromatic rings. The molecular weight excluding hydrogens is 404 g/mol. The minimum atomic E-state index is -0.282. The first-order chi connectivity index (χ1) is 14.5. The van der Waals surface area contributed by atoms with Crippen molar-refractivity contribution in [3.63, 3.8) is 0 Å². The Balaban J connectivity index is 1.79. The van der Waals surface area contributed by atoms with Gasteiger partial charge in [0.1, 0.15) is 11.5 Å². The number of halogens is 1. The maximum atomic E-state index is 12.5. The van der Waals surface area contributed by atoms with Gasteiger partial charge in [0.15, 0.2) is 0 Å². The summed E-state index contributed by atoms with van der Waals surface area (Å²) in [6.07, 6.45) is 0.176. The van der Waals surface area contributed by atoms with Crippen LogP contribution in [0, 0.1) is 0 Å². The molecule has 2 N–H and O–H groups in total. The first-order valence-electron chi connectivity index (χ1n) is 9.17. The average molecular weight is 425 g/mol. The third kappa shape index (κ3) is 5.30. The van der Waals surface area contributed by atoms with Gasteiger partial charge in [-0.2, -0.15) is 0 Å². The minimum Gasteiger partial charge on any atom is -0.494 e. The molecule has 3 aromatic carbocycles. The average Bonchev–Trinajstić information content (AvgIpc) is 2.76. The second-order valence-electron chi connectivity index (χ2n) is 6.42. The Morgan fingerprint density at radius 3 is 1.97 bits per heavy atom. The lowest BCUT2D eigenvalue weighted by Gasteiger charge is -2.16. The summed E-state index contributed by atoms with van der Waals surface area (Å²) in [5.74, 6) is 0.278. The quantitative estimate of drug-likeness (QED) is 0.571. The van der Waals surface area contributed by atoms with Crippen molar-refractivity contribution in [1.82, 2.24) is 0 Å². The number of ether oxygens (including phenoxy) is 2. The zero-order valence-electron chi connectivity index (χ0n) is 16.6. The van der Waals surface area contributed by atoms with Crippen LogP contribution in [0.2, 0.25) is 5.02 Å². The van der Waals surface area contributed by atoms with Crippen LogP contribution in [0.5, 0.6) is 11.5 Å². The number of nitrogens with one attached hydrogen (secondary N) is 2. The number of carbonyl (C=O) groups is 2. The van der Waals surface area contributed by atoms with Crippen molar-refractivity contribution in [2.24, 2.45) is 0 Å². The van der Waals surface area contributed by atoms with E-state index in [-0.39, 0.29) is 18.2 Å². The second kappa shape index (κ2) is 9.80. The van der Waals surface area contributed by atoms with Gasteiger partial charge in [0, 0.05) is 22.7 Å². The van der Waals surface area contributed by atoms with Gasteiger partial charge in [-0.3, -0.25) is 9.59 Å². The van der Waals surface area contributed by atoms with E-state index in [0.29, 0.717) is 33.5 Å². The second-order valence-corrected chi connectivity index (χ2v) is 6.86. The van der Waals surface area contributed by atoms with E-state index in [1.54, 1.807) is 60.7 Å². The van der Waals surface area contributed by atoms with Crippen LogP contribution in [0.15, 0.2) is 66.7 Å². The van der Waals surface area contributed by atoms with Crippen molar-refractivity contribution in [2.45, 2.75) is 6.42 Å². The highest BCUT2D eigenvalue weighted by Gasteiger charge is 2.16. The Kier molecular flexibility index (Phi) is 6.93. The Labute approximate surface area is 179 Å². The Hall–Kier alpha value is -3.51. The summed E-state index contributed by atoms with van der Waals surface area (Å²) in [6, 6.07) is 19.1. The van der Waals surface area contributed by atoms with Crippen LogP contribution in [0.1, 0.15) is 15.9 Å². The maximum Gasteiger partial charge on any atom is 0.255 e. The molecular formula is C23H21ClN2O4. The summed E-state index contributed by atoms with van der Waals surface area (Å²) in [5.41, 5.74) is 2.21. The van der Waals surface area contributed by atoms with Crippen molar-refractivity contribution in [3.05, 3.63) is 82.9 Å². The lowest BCUT2D eigenvalue weighted by atomic mass is 10.1. The van der Waals surface area contributed by atoms with E-state index in [4.69, 9.17) is 21.1 Å². The van der Waals surface area contributed by atoms with Gasteiger partial charge in [0.05, 0.1) is 32.0 Å². The zero-order chi connectivity index (χ0) is 21.5. The first kappa shape index (κ1) is 21.2. The molecule has 0 fully saturated rings. The zero-order valence-corrected chi connectivity index (χ0v) is 17.3. The molecule has 0 heterocycles. The van der Waals surface area contributed by atoms with Gasteiger partial charge in [-0.05, 0) is 29.8 Å². The molecule has 0 aliphatic heterocycles. The molecule has 0 aliphatic rings. The van der Waals surface area contributed by atoms with E-state index in [1.807, 2.05) is 6.07 Å². The van der Waals surface area contributed by atoms with Gasteiger partial charge in [-0.25, -0.2) is 0 Å². The van der Waals surface area contributed by atoms with E-state index >= 15 is 0 Å². The van der Waals surface area contributed by atoms with Crippen LogP contribution in [0.3, 0.4) is 0 Å². The highest BCUT2D eigenvalue weighted by Crippen LogP contribution is 2.36. The fourth-order valence-electron chi connectivity index (χ4n) is 2.86. The van der Waals surface area contributed by atoms with Crippen LogP contribution >= 0.6 is 11.6 Å². The van der Waals surface area contributed by atoms with Crippen molar-refractivity contribution in [3.8, 4) is 11.5 Å². The Morgan fingerprint density at radius 1 is 0.833 bits per heavy atom. The van der Waals surface area contributed by atoms with Crippen molar-refractivity contribution in [1.29, 1.82) is 0 Å². The highest BCUT2D eigenvalue weighted by atomic mass is 35.5. The number of hydrogen-bond acceptors (Lipinski definition) is 4. The number of rotatable bonds is 7. The summed E-state index contributed by atoms with van der Waals surface area (Å²) in [6.45, 7) is 0. The summed E-state index contributed by atoms with van der Waals surface area (Å²) < 4.78 is 10.8. The van der Waals surface area contributed by atoms with Gasteiger partial charge in [-0.1, -0.05) is 41.9 Å². The molecule has 0 bridgehead atoms. The largest absolute Gasteiger partial charge is 0.494 e. The van der Waals surface area contributed by atoms with Gasteiger partial charge in [0.25, 0.3) is 5.91 Å². The molecule has 154 valence electrons. The summed E-state index contributed by atoms with van der Waals surface area (Å²) in [5, 5.41) is 6.24. The maximum absolute atomic E-state index is 12.5. The molecule has 3 rings (SSSR count). The Bertz CT molecular complexity index is 1040. The summed E-state index contributed by atoms with van der Waals surface area (Å²) in [7, 11) is 2.97. The Morgan fingerprint density at radius 2 is 1.40 bits per heavy atom. The lowest BCUT2D eigenvalue weighted by Crippen LogP contribution is -2.16. The molecule has 0 unspecified atom stereocenters. The fraction of sp³-hybridized carbons (Fsp3) is 0.130. The fourth-order valence-corrected chi connectivity index (χ4v) is 2.99. The number of methoxy groups -OCH3 is 2. The van der Waals surface area contributed by atoms with Crippen molar-refractivity contribution < 1.29 is 19.1 Å². The SMILES string of the molecule is COc1cc(NC(=O)c2ccccc2)c(OC)cc1NC(=O)Cc1ccc(Cl)cc1.